The quantitative estimate of drug-likeness (QED) is 0.480. The molecule has 1 aliphatic rings. The lowest BCUT2D eigenvalue weighted by Crippen LogP contribution is -2.24. The molecule has 1 fully saturated rings. The van der Waals surface area contributed by atoms with Crippen LogP contribution in [0, 0.1) is 24.0 Å². The molecule has 0 spiro atoms. The Morgan fingerprint density at radius 3 is 2.60 bits per heavy atom. The third-order valence-electron chi connectivity index (χ3n) is 3.66. The van der Waals surface area contributed by atoms with Gasteiger partial charge in [0.15, 0.2) is 0 Å². The molecule has 0 unspecified atom stereocenters. The zero-order chi connectivity index (χ0) is 14.7. The van der Waals surface area contributed by atoms with Crippen LogP contribution in [0.3, 0.4) is 0 Å². The van der Waals surface area contributed by atoms with Crippen molar-refractivity contribution in [2.24, 2.45) is 0 Å². The van der Waals surface area contributed by atoms with Crippen LogP contribution in [0.15, 0.2) is 0 Å². The monoisotopic (exact) mass is 281 g/mol. The Hall–Kier alpha value is -1.92. The number of aryl methyl sites for hydroxylation is 1. The molecule has 7 nitrogen and oxygen atoms in total. The summed E-state index contributed by atoms with van der Waals surface area (Å²) in [5.41, 5.74) is 0.668. The predicted octanol–water partition coefficient (Wildman–Crippen LogP) is 2.28. The number of carbonyl (C=O) groups excluding carboxylic acids is 1. The van der Waals surface area contributed by atoms with E-state index in [0.29, 0.717) is 11.4 Å². The Morgan fingerprint density at radius 2 is 2.05 bits per heavy atom. The van der Waals surface area contributed by atoms with E-state index >= 15 is 0 Å². The van der Waals surface area contributed by atoms with Gasteiger partial charge in [0.25, 0.3) is 0 Å². The predicted molar refractivity (Wildman–Crippen MR) is 71.3 cm³/mol. The van der Waals surface area contributed by atoms with Gasteiger partial charge in [0.2, 0.25) is 0 Å². The van der Waals surface area contributed by atoms with Crippen LogP contribution >= 0.6 is 0 Å². The van der Waals surface area contributed by atoms with Crippen LogP contribution in [0.1, 0.15) is 43.5 Å². The first-order chi connectivity index (χ1) is 9.49. The maximum atomic E-state index is 11.9. The van der Waals surface area contributed by atoms with E-state index in [1.165, 1.54) is 11.1 Å². The van der Waals surface area contributed by atoms with Crippen LogP contribution in [0.2, 0.25) is 0 Å². The smallest absolute Gasteiger partial charge is 0.328 e. The SMILES string of the molecule is Cc1nn(CC(=O)OC2CCCCC2)c(C)c1[N+](=O)[O-]. The van der Waals surface area contributed by atoms with Gasteiger partial charge in [0.05, 0.1) is 4.92 Å². The van der Waals surface area contributed by atoms with Gasteiger partial charge in [-0.05, 0) is 39.5 Å². The summed E-state index contributed by atoms with van der Waals surface area (Å²) >= 11 is 0. The number of esters is 1. The number of rotatable bonds is 4. The first-order valence-corrected chi connectivity index (χ1v) is 6.87. The third kappa shape index (κ3) is 3.15. The highest BCUT2D eigenvalue weighted by Crippen LogP contribution is 2.23. The van der Waals surface area contributed by atoms with Gasteiger partial charge in [-0.2, -0.15) is 5.10 Å². The van der Waals surface area contributed by atoms with Crippen LogP contribution in [-0.2, 0) is 16.1 Å². The van der Waals surface area contributed by atoms with E-state index in [4.69, 9.17) is 4.74 Å². The fourth-order valence-corrected chi connectivity index (χ4v) is 2.63. The van der Waals surface area contributed by atoms with Crippen LogP contribution < -0.4 is 0 Å². The second kappa shape index (κ2) is 6.02. The number of hydrogen-bond donors (Lipinski definition) is 0. The fraction of sp³-hybridized carbons (Fsp3) is 0.692. The first kappa shape index (κ1) is 14.5. The molecule has 0 bridgehead atoms. The molecule has 7 heteroatoms. The minimum atomic E-state index is -0.472. The van der Waals surface area contributed by atoms with E-state index in [2.05, 4.69) is 5.10 Å². The van der Waals surface area contributed by atoms with Crippen molar-refractivity contribution in [1.82, 2.24) is 9.78 Å². The molecule has 0 radical (unpaired) electrons. The van der Waals surface area contributed by atoms with Crippen molar-refractivity contribution in [3.63, 3.8) is 0 Å². The summed E-state index contributed by atoms with van der Waals surface area (Å²) < 4.78 is 6.74. The van der Waals surface area contributed by atoms with E-state index in [1.54, 1.807) is 13.8 Å². The average Bonchev–Trinajstić information content (AvgIpc) is 2.65. The molecule has 0 aliphatic heterocycles. The highest BCUT2D eigenvalue weighted by atomic mass is 16.6. The van der Waals surface area contributed by atoms with E-state index < -0.39 is 4.92 Å². The van der Waals surface area contributed by atoms with Crippen molar-refractivity contribution in [2.75, 3.05) is 0 Å². The summed E-state index contributed by atoms with van der Waals surface area (Å²) in [6.45, 7) is 3.08. The van der Waals surface area contributed by atoms with Crippen molar-refractivity contribution < 1.29 is 14.5 Å². The van der Waals surface area contributed by atoms with Crippen molar-refractivity contribution in [1.29, 1.82) is 0 Å². The second-order valence-corrected chi connectivity index (χ2v) is 5.18. The topological polar surface area (TPSA) is 87.3 Å². The second-order valence-electron chi connectivity index (χ2n) is 5.18. The minimum absolute atomic E-state index is 0.0109. The third-order valence-corrected chi connectivity index (χ3v) is 3.66. The summed E-state index contributed by atoms with van der Waals surface area (Å²) in [5, 5.41) is 14.9. The van der Waals surface area contributed by atoms with E-state index in [0.717, 1.165) is 25.7 Å². The summed E-state index contributed by atoms with van der Waals surface area (Å²) in [6, 6.07) is 0. The molecular weight excluding hydrogens is 262 g/mol. The van der Waals surface area contributed by atoms with Gasteiger partial charge >= 0.3 is 11.7 Å². The lowest BCUT2D eigenvalue weighted by Gasteiger charge is -2.21. The van der Waals surface area contributed by atoms with Gasteiger partial charge in [-0.15, -0.1) is 0 Å². The summed E-state index contributed by atoms with van der Waals surface area (Å²) in [6.07, 6.45) is 5.17. The standard InChI is InChI=1S/C13H19N3O4/c1-9-13(16(18)19)10(2)15(14-9)8-12(17)20-11-6-4-3-5-7-11/h11H,3-8H2,1-2H3. The Kier molecular flexibility index (Phi) is 4.36. The molecular formula is C13H19N3O4. The highest BCUT2D eigenvalue weighted by Gasteiger charge is 2.24. The van der Waals surface area contributed by atoms with Crippen molar-refractivity contribution in [2.45, 2.75) is 58.6 Å². The lowest BCUT2D eigenvalue weighted by molar-refractivity contribution is -0.386. The molecule has 1 aromatic heterocycles. The number of aromatic nitrogens is 2. The fourth-order valence-electron chi connectivity index (χ4n) is 2.63. The molecule has 20 heavy (non-hydrogen) atoms. The Labute approximate surface area is 117 Å². The molecule has 1 heterocycles. The molecule has 1 aromatic rings. The summed E-state index contributed by atoms with van der Waals surface area (Å²) in [7, 11) is 0. The van der Waals surface area contributed by atoms with Gasteiger partial charge in [-0.25, -0.2) is 0 Å². The molecule has 1 aliphatic carbocycles. The van der Waals surface area contributed by atoms with Gasteiger partial charge < -0.3 is 4.74 Å². The first-order valence-electron chi connectivity index (χ1n) is 6.87. The number of carbonyl (C=O) groups is 1. The van der Waals surface area contributed by atoms with Crippen LogP contribution in [0.5, 0.6) is 0 Å². The average molecular weight is 281 g/mol. The molecule has 110 valence electrons. The van der Waals surface area contributed by atoms with Crippen molar-refractivity contribution in [3.8, 4) is 0 Å². The zero-order valence-electron chi connectivity index (χ0n) is 11.8. The van der Waals surface area contributed by atoms with Crippen molar-refractivity contribution >= 4 is 11.7 Å². The number of ether oxygens (including phenoxy) is 1. The molecule has 1 saturated carbocycles. The van der Waals surface area contributed by atoms with Crippen LogP contribution in [0.25, 0.3) is 0 Å². The number of nitrogens with zero attached hydrogens (tertiary/aromatic N) is 3. The van der Waals surface area contributed by atoms with Crippen molar-refractivity contribution in [3.05, 3.63) is 21.5 Å². The Morgan fingerprint density at radius 1 is 1.40 bits per heavy atom. The van der Waals surface area contributed by atoms with Crippen LogP contribution in [-0.4, -0.2) is 26.8 Å². The maximum absolute atomic E-state index is 11.9. The molecule has 0 aromatic carbocycles. The molecule has 0 atom stereocenters. The Bertz CT molecular complexity index is 518. The number of nitro groups is 1. The maximum Gasteiger partial charge on any atom is 0.328 e. The van der Waals surface area contributed by atoms with E-state index in [-0.39, 0.29) is 24.3 Å². The van der Waals surface area contributed by atoms with Gasteiger partial charge in [0.1, 0.15) is 24.0 Å². The van der Waals surface area contributed by atoms with E-state index in [1.807, 2.05) is 0 Å². The molecule has 0 saturated heterocycles. The van der Waals surface area contributed by atoms with Gasteiger partial charge in [-0.1, -0.05) is 6.42 Å². The zero-order valence-corrected chi connectivity index (χ0v) is 11.8. The highest BCUT2D eigenvalue weighted by molar-refractivity contribution is 5.69. The van der Waals surface area contributed by atoms with Crippen LogP contribution in [0.4, 0.5) is 5.69 Å². The lowest BCUT2D eigenvalue weighted by atomic mass is 9.98. The summed E-state index contributed by atoms with van der Waals surface area (Å²) in [5.74, 6) is -0.377. The summed E-state index contributed by atoms with van der Waals surface area (Å²) in [4.78, 5) is 22.3. The molecule has 2 rings (SSSR count). The normalized spacial score (nSPS) is 16.1. The van der Waals surface area contributed by atoms with E-state index in [9.17, 15) is 14.9 Å². The Balaban J connectivity index is 2.00. The molecule has 0 N–H and O–H groups in total. The number of hydrogen-bond acceptors (Lipinski definition) is 5. The molecule has 0 amide bonds. The minimum Gasteiger partial charge on any atom is -0.461 e. The largest absolute Gasteiger partial charge is 0.461 e. The van der Waals surface area contributed by atoms with Gasteiger partial charge in [-0.3, -0.25) is 19.6 Å². The van der Waals surface area contributed by atoms with Gasteiger partial charge in [0, 0.05) is 0 Å².